The first-order valence-electron chi connectivity index (χ1n) is 8.70. The molecule has 0 aromatic heterocycles. The average Bonchev–Trinajstić information content (AvgIpc) is 2.63. The molecule has 1 atom stereocenters. The molecule has 2 N–H and O–H groups in total. The summed E-state index contributed by atoms with van der Waals surface area (Å²) in [5.74, 6) is 0. The second-order valence-electron chi connectivity index (χ2n) is 6.58. The molecule has 2 aromatic rings. The number of rotatable bonds is 6. The number of hydrogen-bond donors (Lipinski definition) is 2. The fraction of sp³-hybridized carbons (Fsp3) is 0.368. The molecular weight excluding hydrogens is 372 g/mol. The van der Waals surface area contributed by atoms with Gasteiger partial charge in [0.1, 0.15) is 18.0 Å². The number of ether oxygens (including phenoxy) is 1. The predicted molar refractivity (Wildman–Crippen MR) is 102 cm³/mol. The van der Waals surface area contributed by atoms with Crippen molar-refractivity contribution in [2.45, 2.75) is 17.9 Å². The van der Waals surface area contributed by atoms with Gasteiger partial charge in [-0.15, -0.1) is 0 Å². The van der Waals surface area contributed by atoms with E-state index in [0.29, 0.717) is 19.8 Å². The Morgan fingerprint density at radius 3 is 2.42 bits per heavy atom. The molecule has 0 bridgehead atoms. The highest BCUT2D eigenvalue weighted by Gasteiger charge is 2.27. The number of benzene rings is 2. The largest absolute Gasteiger partial charge is 0.370 e. The number of hydrogen-bond acceptors (Lipinski definition) is 3. The standard InChI is InChI=1S/C19H23ClN2O3S/c1-15-6-8-16(9-7-15)18(14-22-10-12-25-13-11-22)21-26(23,24)19-5-3-2-4-17(19)20/h2-9,18,21H,10-14H2,1H3/p+1/t18-/m1/s1. The van der Waals surface area contributed by atoms with Crippen LogP contribution in [0.4, 0.5) is 0 Å². The van der Waals surface area contributed by atoms with Gasteiger partial charge in [0.25, 0.3) is 0 Å². The van der Waals surface area contributed by atoms with Crippen molar-refractivity contribution < 1.29 is 18.1 Å². The maximum atomic E-state index is 12.9. The van der Waals surface area contributed by atoms with Crippen molar-refractivity contribution in [3.05, 3.63) is 64.7 Å². The quantitative estimate of drug-likeness (QED) is 0.780. The summed E-state index contributed by atoms with van der Waals surface area (Å²) >= 11 is 6.11. The summed E-state index contributed by atoms with van der Waals surface area (Å²) in [7, 11) is -3.73. The van der Waals surface area contributed by atoms with Crippen molar-refractivity contribution in [1.82, 2.24) is 4.72 Å². The third-order valence-electron chi connectivity index (χ3n) is 4.60. The molecule has 0 saturated carbocycles. The van der Waals surface area contributed by atoms with E-state index in [1.807, 2.05) is 31.2 Å². The Bertz CT molecular complexity index is 834. The molecule has 0 aliphatic carbocycles. The maximum Gasteiger partial charge on any atom is 0.242 e. The Morgan fingerprint density at radius 1 is 1.12 bits per heavy atom. The van der Waals surface area contributed by atoms with E-state index >= 15 is 0 Å². The Kier molecular flexibility index (Phi) is 6.32. The van der Waals surface area contributed by atoms with Crippen LogP contribution < -0.4 is 9.62 Å². The van der Waals surface area contributed by atoms with Crippen molar-refractivity contribution >= 4 is 21.6 Å². The zero-order valence-corrected chi connectivity index (χ0v) is 16.3. The third-order valence-corrected chi connectivity index (χ3v) is 6.57. The van der Waals surface area contributed by atoms with Crippen LogP contribution in [-0.2, 0) is 14.8 Å². The molecule has 3 rings (SSSR count). The summed E-state index contributed by atoms with van der Waals surface area (Å²) in [5, 5.41) is 0.223. The average molecular weight is 396 g/mol. The summed E-state index contributed by atoms with van der Waals surface area (Å²) < 4.78 is 34.1. The highest BCUT2D eigenvalue weighted by molar-refractivity contribution is 7.89. The number of morpholine rings is 1. The van der Waals surface area contributed by atoms with Crippen molar-refractivity contribution in [3.8, 4) is 0 Å². The minimum atomic E-state index is -3.73. The molecule has 0 radical (unpaired) electrons. The Morgan fingerprint density at radius 2 is 1.77 bits per heavy atom. The Hall–Kier alpha value is -1.44. The molecule has 2 aromatic carbocycles. The lowest BCUT2D eigenvalue weighted by atomic mass is 10.1. The zero-order valence-electron chi connectivity index (χ0n) is 14.7. The molecule has 140 valence electrons. The van der Waals surface area contributed by atoms with Crippen molar-refractivity contribution in [1.29, 1.82) is 0 Å². The van der Waals surface area contributed by atoms with Gasteiger partial charge < -0.3 is 9.64 Å². The second-order valence-corrected chi connectivity index (χ2v) is 8.67. The number of nitrogens with one attached hydrogen (secondary N) is 2. The lowest BCUT2D eigenvalue weighted by Crippen LogP contribution is -3.14. The van der Waals surface area contributed by atoms with Crippen LogP contribution in [0.2, 0.25) is 5.02 Å². The minimum absolute atomic E-state index is 0.107. The van der Waals surface area contributed by atoms with Crippen LogP contribution in [0.25, 0.3) is 0 Å². The fourth-order valence-corrected chi connectivity index (χ4v) is 4.84. The van der Waals surface area contributed by atoms with Gasteiger partial charge in [-0.1, -0.05) is 53.6 Å². The van der Waals surface area contributed by atoms with E-state index < -0.39 is 10.0 Å². The van der Waals surface area contributed by atoms with Gasteiger partial charge in [-0.05, 0) is 24.6 Å². The summed E-state index contributed by atoms with van der Waals surface area (Å²) in [5.41, 5.74) is 2.09. The molecule has 1 fully saturated rings. The van der Waals surface area contributed by atoms with Gasteiger partial charge in [0.15, 0.2) is 0 Å². The number of aryl methyl sites for hydroxylation is 1. The Balaban J connectivity index is 1.87. The second kappa shape index (κ2) is 8.50. The van der Waals surface area contributed by atoms with E-state index in [9.17, 15) is 8.42 Å². The summed E-state index contributed by atoms with van der Waals surface area (Å²) in [6.07, 6.45) is 0. The zero-order chi connectivity index (χ0) is 18.6. The van der Waals surface area contributed by atoms with Crippen molar-refractivity contribution in [3.63, 3.8) is 0 Å². The van der Waals surface area contributed by atoms with Gasteiger partial charge >= 0.3 is 0 Å². The molecule has 1 saturated heterocycles. The molecule has 0 unspecified atom stereocenters. The molecule has 5 nitrogen and oxygen atoms in total. The van der Waals surface area contributed by atoms with E-state index in [4.69, 9.17) is 16.3 Å². The van der Waals surface area contributed by atoms with E-state index in [2.05, 4.69) is 4.72 Å². The first-order chi connectivity index (χ1) is 12.5. The van der Waals surface area contributed by atoms with Crippen LogP contribution in [0.5, 0.6) is 0 Å². The third kappa shape index (κ3) is 4.84. The molecular formula is C19H24ClN2O3S+. The predicted octanol–water partition coefficient (Wildman–Crippen LogP) is 1.58. The highest BCUT2D eigenvalue weighted by Crippen LogP contribution is 2.23. The normalized spacial score (nSPS) is 17.2. The first-order valence-corrected chi connectivity index (χ1v) is 10.6. The number of halogens is 1. The van der Waals surface area contributed by atoms with Gasteiger partial charge in [0.2, 0.25) is 10.0 Å². The van der Waals surface area contributed by atoms with Crippen LogP contribution in [0.15, 0.2) is 53.4 Å². The first kappa shape index (κ1) is 19.3. The van der Waals surface area contributed by atoms with Gasteiger partial charge in [0, 0.05) is 0 Å². The molecule has 26 heavy (non-hydrogen) atoms. The minimum Gasteiger partial charge on any atom is -0.370 e. The van der Waals surface area contributed by atoms with Crippen LogP contribution in [0.3, 0.4) is 0 Å². The fourth-order valence-electron chi connectivity index (χ4n) is 3.09. The molecule has 1 aliphatic heterocycles. The summed E-state index contributed by atoms with van der Waals surface area (Å²) in [6, 6.07) is 14.1. The summed E-state index contributed by atoms with van der Waals surface area (Å²) in [6.45, 7) is 5.82. The number of quaternary nitrogens is 1. The maximum absolute atomic E-state index is 12.9. The van der Waals surface area contributed by atoms with E-state index in [1.165, 1.54) is 11.0 Å². The lowest BCUT2D eigenvalue weighted by Gasteiger charge is -2.28. The highest BCUT2D eigenvalue weighted by atomic mass is 35.5. The molecule has 0 spiro atoms. The monoisotopic (exact) mass is 395 g/mol. The number of sulfonamides is 1. The van der Waals surface area contributed by atoms with Crippen molar-refractivity contribution in [2.75, 3.05) is 32.8 Å². The van der Waals surface area contributed by atoms with E-state index in [1.54, 1.807) is 18.2 Å². The lowest BCUT2D eigenvalue weighted by molar-refractivity contribution is -0.909. The Labute approximate surface area is 160 Å². The molecule has 1 heterocycles. The molecule has 0 amide bonds. The van der Waals surface area contributed by atoms with Crippen LogP contribution in [-0.4, -0.2) is 41.3 Å². The van der Waals surface area contributed by atoms with E-state index in [0.717, 1.165) is 24.2 Å². The van der Waals surface area contributed by atoms with Crippen molar-refractivity contribution in [2.24, 2.45) is 0 Å². The van der Waals surface area contributed by atoms with Gasteiger partial charge in [-0.3, -0.25) is 0 Å². The smallest absolute Gasteiger partial charge is 0.242 e. The van der Waals surface area contributed by atoms with Gasteiger partial charge in [-0.25, -0.2) is 8.42 Å². The van der Waals surface area contributed by atoms with Crippen LogP contribution in [0, 0.1) is 6.92 Å². The SMILES string of the molecule is Cc1ccc([C@@H](C[NH+]2CCOCC2)NS(=O)(=O)c2ccccc2Cl)cc1. The molecule has 1 aliphatic rings. The van der Waals surface area contributed by atoms with Crippen LogP contribution >= 0.6 is 11.6 Å². The topological polar surface area (TPSA) is 59.8 Å². The van der Waals surface area contributed by atoms with E-state index in [-0.39, 0.29) is 16.0 Å². The molecule has 7 heteroatoms. The van der Waals surface area contributed by atoms with Crippen LogP contribution in [0.1, 0.15) is 17.2 Å². The van der Waals surface area contributed by atoms with Gasteiger partial charge in [0.05, 0.1) is 30.8 Å². The van der Waals surface area contributed by atoms with Gasteiger partial charge in [-0.2, -0.15) is 4.72 Å². The summed E-state index contributed by atoms with van der Waals surface area (Å²) in [4.78, 5) is 1.43.